The number of nitrogen functional groups attached to an aromatic ring is 1. The van der Waals surface area contributed by atoms with Gasteiger partial charge in [-0.3, -0.25) is 0 Å². The van der Waals surface area contributed by atoms with E-state index in [1.807, 2.05) is 0 Å². The summed E-state index contributed by atoms with van der Waals surface area (Å²) in [6.45, 7) is 6.80. The van der Waals surface area contributed by atoms with E-state index in [0.717, 1.165) is 6.42 Å². The summed E-state index contributed by atoms with van der Waals surface area (Å²) in [5.41, 5.74) is 6.55. The number of anilines is 1. The zero-order valence-electron chi connectivity index (χ0n) is 12.3. The Labute approximate surface area is 131 Å². The minimum atomic E-state index is 0.207. The van der Waals surface area contributed by atoms with Gasteiger partial charge in [0.2, 0.25) is 0 Å². The molecule has 3 atom stereocenters. The lowest BCUT2D eigenvalue weighted by Gasteiger charge is -2.37. The van der Waals surface area contributed by atoms with Crippen molar-refractivity contribution in [3.8, 4) is 5.75 Å². The van der Waals surface area contributed by atoms with E-state index in [4.69, 9.17) is 33.7 Å². The molecule has 0 spiro atoms. The minimum absolute atomic E-state index is 0.207. The summed E-state index contributed by atoms with van der Waals surface area (Å²) in [5.74, 6) is 2.53. The van der Waals surface area contributed by atoms with Crippen molar-refractivity contribution in [3.63, 3.8) is 0 Å². The zero-order chi connectivity index (χ0) is 14.9. The highest BCUT2D eigenvalue weighted by atomic mass is 35.5. The Kier molecular flexibility index (Phi) is 5.09. The smallest absolute Gasteiger partial charge is 0.144 e. The highest BCUT2D eigenvalue weighted by Gasteiger charge is 2.32. The molecular formula is C16H23Cl2NO. The average Bonchev–Trinajstić information content (AvgIpc) is 2.35. The molecule has 1 aliphatic carbocycles. The molecule has 2 rings (SSSR count). The topological polar surface area (TPSA) is 35.2 Å². The second-order valence-corrected chi connectivity index (χ2v) is 7.10. The van der Waals surface area contributed by atoms with Gasteiger partial charge in [0.05, 0.1) is 15.7 Å². The Morgan fingerprint density at radius 1 is 1.20 bits per heavy atom. The summed E-state index contributed by atoms with van der Waals surface area (Å²) in [6, 6.07) is 3.39. The fourth-order valence-electron chi connectivity index (χ4n) is 3.06. The molecule has 1 aromatic rings. The fourth-order valence-corrected chi connectivity index (χ4v) is 3.39. The second kappa shape index (κ2) is 6.44. The van der Waals surface area contributed by atoms with Crippen molar-refractivity contribution in [2.24, 2.45) is 17.8 Å². The van der Waals surface area contributed by atoms with E-state index in [1.165, 1.54) is 12.8 Å². The van der Waals surface area contributed by atoms with Crippen LogP contribution in [0.3, 0.4) is 0 Å². The van der Waals surface area contributed by atoms with E-state index >= 15 is 0 Å². The molecule has 3 unspecified atom stereocenters. The molecule has 0 bridgehead atoms. The molecule has 2 nitrogen and oxygen atoms in total. The molecule has 1 aliphatic rings. The third kappa shape index (κ3) is 3.53. The molecule has 20 heavy (non-hydrogen) atoms. The third-order valence-electron chi connectivity index (χ3n) is 4.29. The van der Waals surface area contributed by atoms with Crippen LogP contribution >= 0.6 is 23.2 Å². The molecule has 1 aromatic carbocycles. The van der Waals surface area contributed by atoms with E-state index in [-0.39, 0.29) is 6.10 Å². The number of nitrogens with two attached hydrogens (primary N) is 1. The lowest BCUT2D eigenvalue weighted by molar-refractivity contribution is 0.0466. The third-order valence-corrected chi connectivity index (χ3v) is 5.01. The van der Waals surface area contributed by atoms with Gasteiger partial charge in [-0.15, -0.1) is 0 Å². The number of hydrogen-bond donors (Lipinski definition) is 1. The first-order valence-electron chi connectivity index (χ1n) is 7.29. The van der Waals surface area contributed by atoms with Gasteiger partial charge in [0.15, 0.2) is 0 Å². The van der Waals surface area contributed by atoms with E-state index in [1.54, 1.807) is 12.1 Å². The summed E-state index contributed by atoms with van der Waals surface area (Å²) < 4.78 is 6.20. The molecule has 0 aromatic heterocycles. The van der Waals surface area contributed by atoms with Crippen LogP contribution in [0, 0.1) is 17.8 Å². The summed E-state index contributed by atoms with van der Waals surface area (Å²) in [7, 11) is 0. The maximum atomic E-state index is 6.20. The second-order valence-electron chi connectivity index (χ2n) is 6.29. The van der Waals surface area contributed by atoms with Crippen molar-refractivity contribution in [1.29, 1.82) is 0 Å². The molecule has 0 saturated heterocycles. The van der Waals surface area contributed by atoms with E-state index in [0.29, 0.717) is 39.2 Å². The Morgan fingerprint density at radius 3 is 2.50 bits per heavy atom. The van der Waals surface area contributed by atoms with Gasteiger partial charge in [0.25, 0.3) is 0 Å². The monoisotopic (exact) mass is 315 g/mol. The molecule has 0 aliphatic heterocycles. The summed E-state index contributed by atoms with van der Waals surface area (Å²) in [5, 5.41) is 0.953. The first-order valence-corrected chi connectivity index (χ1v) is 8.05. The SMILES string of the molecule is CC1CCC(C(C)C)C(Oc2cc(Cl)c(Cl)cc2N)C1. The number of ether oxygens (including phenoxy) is 1. The molecule has 0 radical (unpaired) electrons. The molecule has 1 saturated carbocycles. The van der Waals surface area contributed by atoms with Crippen LogP contribution in [-0.2, 0) is 0 Å². The van der Waals surface area contributed by atoms with Crippen LogP contribution in [0.15, 0.2) is 12.1 Å². The average molecular weight is 316 g/mol. The Hall–Kier alpha value is -0.600. The van der Waals surface area contributed by atoms with Crippen molar-refractivity contribution >= 4 is 28.9 Å². The van der Waals surface area contributed by atoms with Crippen molar-refractivity contribution in [2.45, 2.75) is 46.1 Å². The molecule has 0 amide bonds. The quantitative estimate of drug-likeness (QED) is 0.756. The van der Waals surface area contributed by atoms with E-state index in [2.05, 4.69) is 20.8 Å². The highest BCUT2D eigenvalue weighted by molar-refractivity contribution is 6.42. The molecular weight excluding hydrogens is 293 g/mol. The normalized spacial score (nSPS) is 26.8. The summed E-state index contributed by atoms with van der Waals surface area (Å²) in [6.07, 6.45) is 3.77. The van der Waals surface area contributed by atoms with Gasteiger partial charge in [0, 0.05) is 6.07 Å². The van der Waals surface area contributed by atoms with Crippen LogP contribution in [0.1, 0.15) is 40.0 Å². The maximum absolute atomic E-state index is 6.20. The minimum Gasteiger partial charge on any atom is -0.488 e. The lowest BCUT2D eigenvalue weighted by atomic mass is 9.75. The van der Waals surface area contributed by atoms with E-state index < -0.39 is 0 Å². The molecule has 0 heterocycles. The Balaban J connectivity index is 2.20. The van der Waals surface area contributed by atoms with Crippen molar-refractivity contribution < 1.29 is 4.74 Å². The van der Waals surface area contributed by atoms with Gasteiger partial charge in [-0.05, 0) is 36.7 Å². The van der Waals surface area contributed by atoms with Crippen LogP contribution in [0.4, 0.5) is 5.69 Å². The predicted molar refractivity (Wildman–Crippen MR) is 86.6 cm³/mol. The Bertz CT molecular complexity index is 476. The first-order chi connectivity index (χ1) is 9.38. The predicted octanol–water partition coefficient (Wildman–Crippen LogP) is 5.42. The molecule has 4 heteroatoms. The number of rotatable bonds is 3. The van der Waals surface area contributed by atoms with Gasteiger partial charge in [-0.2, -0.15) is 0 Å². The zero-order valence-corrected chi connectivity index (χ0v) is 13.8. The maximum Gasteiger partial charge on any atom is 0.144 e. The van der Waals surface area contributed by atoms with Crippen LogP contribution in [-0.4, -0.2) is 6.10 Å². The number of halogens is 2. The highest BCUT2D eigenvalue weighted by Crippen LogP contribution is 2.39. The molecule has 2 N–H and O–H groups in total. The fraction of sp³-hybridized carbons (Fsp3) is 0.625. The van der Waals surface area contributed by atoms with Gasteiger partial charge in [-0.25, -0.2) is 0 Å². The molecule has 112 valence electrons. The number of benzene rings is 1. The Morgan fingerprint density at radius 2 is 1.85 bits per heavy atom. The van der Waals surface area contributed by atoms with Gasteiger partial charge in [0.1, 0.15) is 11.9 Å². The standard InChI is InChI=1S/C16H23Cl2NO/c1-9(2)11-5-4-10(3)6-15(11)20-16-8-13(18)12(17)7-14(16)19/h7-11,15H,4-6,19H2,1-3H3. The first kappa shape index (κ1) is 15.8. The van der Waals surface area contributed by atoms with Crippen LogP contribution in [0.2, 0.25) is 10.0 Å². The van der Waals surface area contributed by atoms with E-state index in [9.17, 15) is 0 Å². The van der Waals surface area contributed by atoms with Gasteiger partial charge in [-0.1, -0.05) is 50.4 Å². The summed E-state index contributed by atoms with van der Waals surface area (Å²) in [4.78, 5) is 0. The van der Waals surface area contributed by atoms with Gasteiger partial charge >= 0.3 is 0 Å². The molecule has 1 fully saturated rings. The van der Waals surface area contributed by atoms with Crippen LogP contribution in [0.5, 0.6) is 5.75 Å². The number of hydrogen-bond acceptors (Lipinski definition) is 2. The van der Waals surface area contributed by atoms with Crippen molar-refractivity contribution in [3.05, 3.63) is 22.2 Å². The largest absolute Gasteiger partial charge is 0.488 e. The van der Waals surface area contributed by atoms with Crippen LogP contribution in [0.25, 0.3) is 0 Å². The van der Waals surface area contributed by atoms with Crippen molar-refractivity contribution in [2.75, 3.05) is 5.73 Å². The summed E-state index contributed by atoms with van der Waals surface area (Å²) >= 11 is 12.0. The van der Waals surface area contributed by atoms with Crippen LogP contribution < -0.4 is 10.5 Å². The van der Waals surface area contributed by atoms with Gasteiger partial charge < -0.3 is 10.5 Å². The lowest BCUT2D eigenvalue weighted by Crippen LogP contribution is -2.36. The van der Waals surface area contributed by atoms with Crippen molar-refractivity contribution in [1.82, 2.24) is 0 Å².